The molecule has 1 aromatic heterocycles. The quantitative estimate of drug-likeness (QED) is 0.326. The van der Waals surface area contributed by atoms with Crippen LogP contribution in [0.2, 0.25) is 0 Å². The number of nitrogens with zero attached hydrogens (tertiary/aromatic N) is 2. The Labute approximate surface area is 173 Å². The summed E-state index contributed by atoms with van der Waals surface area (Å²) in [5.41, 5.74) is 6.42. The number of ether oxygens (including phenoxy) is 1. The summed E-state index contributed by atoms with van der Waals surface area (Å²) in [5, 5.41) is 13.6. The van der Waals surface area contributed by atoms with Gasteiger partial charge in [-0.05, 0) is 6.92 Å². The van der Waals surface area contributed by atoms with Gasteiger partial charge in [0.05, 0.1) is 11.3 Å². The van der Waals surface area contributed by atoms with E-state index in [1.165, 1.54) is 30.0 Å². The van der Waals surface area contributed by atoms with Crippen LogP contribution < -0.4 is 11.1 Å². The Morgan fingerprint density at radius 2 is 2.21 bits per heavy atom. The molecule has 1 aromatic rings. The number of rotatable bonds is 6. The van der Waals surface area contributed by atoms with E-state index in [9.17, 15) is 24.3 Å². The summed E-state index contributed by atoms with van der Waals surface area (Å²) < 4.78 is 4.89. The van der Waals surface area contributed by atoms with Crippen LogP contribution in [0.1, 0.15) is 19.5 Å². The number of carboxylic acid groups (broad SMARTS) is 1. The van der Waals surface area contributed by atoms with Crippen molar-refractivity contribution in [2.24, 2.45) is 0 Å². The van der Waals surface area contributed by atoms with Gasteiger partial charge in [0, 0.05) is 23.6 Å². The topological polar surface area (TPSA) is 152 Å². The Hall–Kier alpha value is -2.86. The lowest BCUT2D eigenvalue weighted by Gasteiger charge is -2.49. The third-order valence-electron chi connectivity index (χ3n) is 4.32. The molecule has 4 N–H and O–H groups in total. The summed E-state index contributed by atoms with van der Waals surface area (Å²) in [5.74, 6) is -2.61. The molecule has 3 heterocycles. The van der Waals surface area contributed by atoms with Gasteiger partial charge in [-0.3, -0.25) is 19.3 Å². The molecule has 2 aliphatic heterocycles. The molecule has 29 heavy (non-hydrogen) atoms. The number of amides is 2. The van der Waals surface area contributed by atoms with E-state index in [4.69, 9.17) is 10.5 Å². The minimum Gasteiger partial charge on any atom is -0.477 e. The number of aliphatic carboxylic acids is 1. The Morgan fingerprint density at radius 1 is 1.48 bits per heavy atom. The molecule has 0 saturated carbocycles. The molecule has 1 fully saturated rings. The second-order valence-corrected chi connectivity index (χ2v) is 8.17. The maximum atomic E-state index is 12.6. The number of allylic oxidation sites excluding steroid dienone is 1. The summed E-state index contributed by atoms with van der Waals surface area (Å²) in [4.78, 5) is 53.2. The third kappa shape index (κ3) is 3.98. The van der Waals surface area contributed by atoms with Crippen LogP contribution in [0.25, 0.3) is 5.57 Å². The number of fused-ring (bicyclic) bond motifs is 1. The van der Waals surface area contributed by atoms with Gasteiger partial charge in [0.2, 0.25) is 0 Å². The average Bonchev–Trinajstić information content (AvgIpc) is 3.09. The minimum atomic E-state index is -1.29. The monoisotopic (exact) mass is 438 g/mol. The fourth-order valence-electron chi connectivity index (χ4n) is 3.01. The first-order chi connectivity index (χ1) is 13.7. The van der Waals surface area contributed by atoms with E-state index < -0.39 is 35.2 Å². The van der Waals surface area contributed by atoms with Gasteiger partial charge in [-0.25, -0.2) is 9.78 Å². The lowest BCUT2D eigenvalue weighted by Crippen LogP contribution is -2.70. The number of hydrogen-bond acceptors (Lipinski definition) is 9. The average molecular weight is 438 g/mol. The third-order valence-corrected chi connectivity index (χ3v) is 6.33. The second-order valence-electron chi connectivity index (χ2n) is 6.17. The summed E-state index contributed by atoms with van der Waals surface area (Å²) >= 11 is 2.48. The van der Waals surface area contributed by atoms with Crippen LogP contribution in [0.3, 0.4) is 0 Å². The number of thioether (sulfide) groups is 1. The fourth-order valence-corrected chi connectivity index (χ4v) is 4.90. The Morgan fingerprint density at radius 3 is 2.76 bits per heavy atom. The number of anilines is 1. The fraction of sp³-hybridized carbons (Fsp3) is 0.353. The van der Waals surface area contributed by atoms with E-state index in [0.717, 1.165) is 4.90 Å². The molecule has 0 spiro atoms. The van der Waals surface area contributed by atoms with Crippen LogP contribution in [-0.4, -0.2) is 62.5 Å². The molecule has 3 rings (SSSR count). The van der Waals surface area contributed by atoms with Crippen LogP contribution in [0.5, 0.6) is 0 Å². The second kappa shape index (κ2) is 8.25. The van der Waals surface area contributed by atoms with E-state index in [1.807, 2.05) is 0 Å². The number of esters is 1. The van der Waals surface area contributed by atoms with Crippen molar-refractivity contribution in [1.29, 1.82) is 0 Å². The van der Waals surface area contributed by atoms with Crippen molar-refractivity contribution in [3.8, 4) is 0 Å². The summed E-state index contributed by atoms with van der Waals surface area (Å²) in [6.07, 6.45) is 1.57. The Balaban J connectivity index is 1.76. The number of nitrogens with one attached hydrogen (secondary N) is 1. The van der Waals surface area contributed by atoms with Crippen molar-refractivity contribution in [2.75, 3.05) is 18.1 Å². The van der Waals surface area contributed by atoms with Crippen LogP contribution in [0.4, 0.5) is 5.13 Å². The van der Waals surface area contributed by atoms with Gasteiger partial charge in [0.25, 0.3) is 11.8 Å². The van der Waals surface area contributed by atoms with Crippen molar-refractivity contribution >= 4 is 57.6 Å². The summed E-state index contributed by atoms with van der Waals surface area (Å²) in [6, 6.07) is -0.872. The van der Waals surface area contributed by atoms with E-state index in [1.54, 1.807) is 18.4 Å². The molecule has 0 aliphatic carbocycles. The zero-order valence-electron chi connectivity index (χ0n) is 15.5. The van der Waals surface area contributed by atoms with Crippen molar-refractivity contribution in [1.82, 2.24) is 15.2 Å². The van der Waals surface area contributed by atoms with Crippen molar-refractivity contribution in [3.05, 3.63) is 28.4 Å². The molecule has 2 aliphatic rings. The smallest absolute Gasteiger partial charge is 0.352 e. The van der Waals surface area contributed by atoms with E-state index in [0.29, 0.717) is 16.4 Å². The van der Waals surface area contributed by atoms with Gasteiger partial charge < -0.3 is 20.9 Å². The van der Waals surface area contributed by atoms with Crippen molar-refractivity contribution in [3.63, 3.8) is 0 Å². The standard InChI is InChI=1S/C17H18N4O6S2/c1-3-9(10-6-29-17(18)19-10)13(23)20-11-14(24)21-12(16(25)26)8(4-27-7(2)22)5-28-15(11)21/h3,6,11,15H,4-5H2,1-2H3,(H2,18,19)(H,20,23)(H,25,26)/t11?,15-/m1/s1. The summed E-state index contributed by atoms with van der Waals surface area (Å²) in [7, 11) is 0. The highest BCUT2D eigenvalue weighted by molar-refractivity contribution is 8.00. The molecule has 2 atom stereocenters. The van der Waals surface area contributed by atoms with Crippen molar-refractivity contribution < 1.29 is 29.0 Å². The molecular weight excluding hydrogens is 420 g/mol. The van der Waals surface area contributed by atoms with Crippen LogP contribution in [0, 0.1) is 0 Å². The zero-order chi connectivity index (χ0) is 21.3. The molecule has 0 aromatic carbocycles. The molecule has 154 valence electrons. The van der Waals surface area contributed by atoms with Gasteiger partial charge in [-0.2, -0.15) is 0 Å². The van der Waals surface area contributed by atoms with Gasteiger partial charge in [0.15, 0.2) is 5.13 Å². The number of carboxylic acids is 1. The molecule has 1 saturated heterocycles. The molecule has 2 amide bonds. The predicted molar refractivity (Wildman–Crippen MR) is 106 cm³/mol. The molecular formula is C17H18N4O6S2. The number of thiazole rings is 1. The maximum Gasteiger partial charge on any atom is 0.352 e. The number of carbonyl (C=O) groups is 4. The van der Waals surface area contributed by atoms with E-state index in [-0.39, 0.29) is 23.6 Å². The largest absolute Gasteiger partial charge is 0.477 e. The number of nitrogens with two attached hydrogens (primary N) is 1. The molecule has 10 nitrogen and oxygen atoms in total. The van der Waals surface area contributed by atoms with Crippen LogP contribution >= 0.6 is 23.1 Å². The SMILES string of the molecule is CC=C(C(=O)NC1C(=O)N2C(C(=O)O)=C(COC(C)=O)CS[C@H]12)c1csc(N)n1. The highest BCUT2D eigenvalue weighted by Crippen LogP contribution is 2.40. The van der Waals surface area contributed by atoms with Gasteiger partial charge in [0.1, 0.15) is 23.7 Å². The normalized spacial score (nSPS) is 21.4. The molecule has 0 bridgehead atoms. The highest BCUT2D eigenvalue weighted by Gasteiger charge is 2.54. The van der Waals surface area contributed by atoms with Crippen molar-refractivity contribution in [2.45, 2.75) is 25.3 Å². The summed E-state index contributed by atoms with van der Waals surface area (Å²) in [6.45, 7) is 2.68. The first-order valence-electron chi connectivity index (χ1n) is 8.46. The van der Waals surface area contributed by atoms with Gasteiger partial charge in [-0.15, -0.1) is 23.1 Å². The Bertz CT molecular complexity index is 953. The molecule has 1 unspecified atom stereocenters. The first kappa shape index (κ1) is 20.9. The van der Waals surface area contributed by atoms with E-state index >= 15 is 0 Å². The number of β-lactam (4-membered cyclic amide) rings is 1. The van der Waals surface area contributed by atoms with Gasteiger partial charge >= 0.3 is 11.9 Å². The van der Waals surface area contributed by atoms with Crippen LogP contribution in [0.15, 0.2) is 22.7 Å². The maximum absolute atomic E-state index is 12.6. The van der Waals surface area contributed by atoms with E-state index in [2.05, 4.69) is 10.3 Å². The molecule has 12 heteroatoms. The number of nitrogen functional groups attached to an aromatic ring is 1. The zero-order valence-corrected chi connectivity index (χ0v) is 17.1. The number of carbonyl (C=O) groups excluding carboxylic acids is 3. The Kier molecular flexibility index (Phi) is 5.94. The molecule has 0 radical (unpaired) electrons. The minimum absolute atomic E-state index is 0.203. The lowest BCUT2D eigenvalue weighted by atomic mass is 10.0. The first-order valence-corrected chi connectivity index (χ1v) is 10.4. The predicted octanol–water partition coefficient (Wildman–Crippen LogP) is 0.430. The van der Waals surface area contributed by atoms with Crippen LogP contribution in [-0.2, 0) is 23.9 Å². The van der Waals surface area contributed by atoms with Gasteiger partial charge in [-0.1, -0.05) is 6.08 Å². The highest BCUT2D eigenvalue weighted by atomic mass is 32.2. The number of hydrogen-bond donors (Lipinski definition) is 3. The number of aromatic nitrogens is 1. The lowest BCUT2D eigenvalue weighted by molar-refractivity contribution is -0.150.